The molecule has 5 rings (SSSR count). The van der Waals surface area contributed by atoms with Crippen molar-refractivity contribution >= 4 is 17.3 Å². The number of phenols is 2. The molecule has 0 bridgehead atoms. The van der Waals surface area contributed by atoms with Crippen LogP contribution in [0.5, 0.6) is 17.2 Å². The Bertz CT molecular complexity index is 1420. The Morgan fingerprint density at radius 3 is 2.61 bits per heavy atom. The number of rotatable bonds is 4. The van der Waals surface area contributed by atoms with Gasteiger partial charge in [-0.15, -0.1) is 0 Å². The van der Waals surface area contributed by atoms with Crippen molar-refractivity contribution in [2.45, 2.75) is 45.6 Å². The van der Waals surface area contributed by atoms with Gasteiger partial charge >= 0.3 is 0 Å². The highest BCUT2D eigenvalue weighted by Crippen LogP contribution is 2.57. The lowest BCUT2D eigenvalue weighted by Gasteiger charge is -2.30. The maximum Gasteiger partial charge on any atom is 0.194 e. The zero-order chi connectivity index (χ0) is 25.9. The topological polar surface area (TPSA) is 122 Å². The molecule has 0 spiro atoms. The minimum atomic E-state index is -1.54. The molecular weight excluding hydrogens is 462 g/mol. The van der Waals surface area contributed by atoms with E-state index in [2.05, 4.69) is 11.4 Å². The van der Waals surface area contributed by atoms with Gasteiger partial charge in [-0.3, -0.25) is 14.4 Å². The summed E-state index contributed by atoms with van der Waals surface area (Å²) in [7, 11) is 0. The molecule has 0 aromatic heterocycles. The molecule has 0 amide bonds. The number of hydrogen-bond donors (Lipinski definition) is 3. The molecule has 2 heterocycles. The average molecular weight is 490 g/mol. The molecule has 2 aliphatic heterocycles. The maximum atomic E-state index is 13.9. The van der Waals surface area contributed by atoms with E-state index in [0.717, 1.165) is 12.0 Å². The molecule has 3 N–H and O–H groups in total. The largest absolute Gasteiger partial charge is 0.507 e. The van der Waals surface area contributed by atoms with Crippen LogP contribution in [0, 0.1) is 6.92 Å². The van der Waals surface area contributed by atoms with Crippen molar-refractivity contribution < 1.29 is 34.1 Å². The summed E-state index contributed by atoms with van der Waals surface area (Å²) in [6.45, 7) is 6.85. The highest BCUT2D eigenvalue weighted by molar-refractivity contribution is 6.31. The van der Waals surface area contributed by atoms with E-state index in [1.165, 1.54) is 25.5 Å². The van der Waals surface area contributed by atoms with Crippen LogP contribution in [-0.2, 0) is 26.2 Å². The fourth-order valence-electron chi connectivity index (χ4n) is 5.34. The van der Waals surface area contributed by atoms with E-state index in [0.29, 0.717) is 18.8 Å². The molecule has 0 fully saturated rings. The van der Waals surface area contributed by atoms with Crippen LogP contribution in [0.15, 0.2) is 47.4 Å². The Kier molecular flexibility index (Phi) is 5.52. The third-order valence-electron chi connectivity index (χ3n) is 7.40. The zero-order valence-corrected chi connectivity index (χ0v) is 20.5. The van der Waals surface area contributed by atoms with Gasteiger partial charge in [-0.2, -0.15) is 0 Å². The number of benzene rings is 2. The summed E-state index contributed by atoms with van der Waals surface area (Å²) in [5.41, 5.74) is 1.05. The first-order valence-electron chi connectivity index (χ1n) is 11.8. The summed E-state index contributed by atoms with van der Waals surface area (Å²) in [5, 5.41) is 24.6. The van der Waals surface area contributed by atoms with E-state index in [-0.39, 0.29) is 45.6 Å². The molecule has 2 aromatic rings. The number of ketones is 3. The average Bonchev–Trinajstić information content (AvgIpc) is 3.14. The molecule has 0 saturated carbocycles. The third kappa shape index (κ3) is 3.28. The molecule has 0 radical (unpaired) electrons. The van der Waals surface area contributed by atoms with Gasteiger partial charge in [0.05, 0.1) is 23.8 Å². The van der Waals surface area contributed by atoms with E-state index in [9.17, 15) is 24.6 Å². The molecule has 0 saturated heterocycles. The normalized spacial score (nSPS) is 23.8. The number of ether oxygens (including phenoxy) is 2. The van der Waals surface area contributed by atoms with Crippen LogP contribution in [0.25, 0.3) is 0 Å². The van der Waals surface area contributed by atoms with E-state index in [4.69, 9.17) is 9.47 Å². The lowest BCUT2D eigenvalue weighted by Crippen LogP contribution is -2.41. The lowest BCUT2D eigenvalue weighted by atomic mass is 9.70. The Morgan fingerprint density at radius 2 is 1.89 bits per heavy atom. The summed E-state index contributed by atoms with van der Waals surface area (Å²) in [4.78, 5) is 39.3. The SMILES string of the molecule is CC(=O)c1c(O)c(C)c(O)c2c1OC1=CC(=O)/C(=C(/C)NC[C@@H]3OCCc4ccccc43)C(=O)[C@@]12C. The summed E-state index contributed by atoms with van der Waals surface area (Å²) in [6.07, 6.45) is 1.81. The number of Topliss-reactive ketones (excluding diaryl/α,β-unsaturated/α-hetero) is 2. The second-order valence-electron chi connectivity index (χ2n) is 9.58. The Hall–Kier alpha value is -3.91. The number of aromatic hydroxyl groups is 2. The summed E-state index contributed by atoms with van der Waals surface area (Å²) in [6, 6.07) is 8.01. The van der Waals surface area contributed by atoms with Crippen LogP contribution in [0.3, 0.4) is 0 Å². The predicted octanol–water partition coefficient (Wildman–Crippen LogP) is 3.47. The van der Waals surface area contributed by atoms with Crippen molar-refractivity contribution in [3.05, 3.63) is 75.2 Å². The fourth-order valence-corrected chi connectivity index (χ4v) is 5.34. The standard InChI is InChI=1S/C28H27NO7/c1-13-24(32)22(15(3)30)26-23(25(13)33)28(4)20(36-26)11-18(31)21(27(28)34)14(2)29-12-19-17-8-6-5-7-16(17)9-10-35-19/h5-8,11,19,29,32-33H,9-10,12H2,1-4H3/b21-14+/t19-,28-/m0/s1. The van der Waals surface area contributed by atoms with Gasteiger partial charge in [0, 0.05) is 23.9 Å². The van der Waals surface area contributed by atoms with Crippen molar-refractivity contribution in [1.82, 2.24) is 5.32 Å². The van der Waals surface area contributed by atoms with E-state index in [1.807, 2.05) is 18.2 Å². The van der Waals surface area contributed by atoms with Gasteiger partial charge in [0.1, 0.15) is 34.0 Å². The number of carbonyl (C=O) groups is 3. The van der Waals surface area contributed by atoms with Gasteiger partial charge in [0.2, 0.25) is 0 Å². The van der Waals surface area contributed by atoms with Crippen LogP contribution < -0.4 is 10.1 Å². The smallest absolute Gasteiger partial charge is 0.194 e. The van der Waals surface area contributed by atoms with Crippen LogP contribution in [0.1, 0.15) is 59.5 Å². The number of phenolic OH excluding ortho intramolecular Hbond substituents is 2. The number of hydrogen-bond acceptors (Lipinski definition) is 8. The third-order valence-corrected chi connectivity index (χ3v) is 7.40. The second-order valence-corrected chi connectivity index (χ2v) is 9.58. The number of allylic oxidation sites excluding steroid dienone is 4. The van der Waals surface area contributed by atoms with Gasteiger partial charge in [-0.05, 0) is 45.2 Å². The molecule has 0 unspecified atom stereocenters. The number of fused-ring (bicyclic) bond motifs is 4. The molecule has 2 aromatic carbocycles. The maximum absolute atomic E-state index is 13.9. The molecular formula is C28H27NO7. The Balaban J connectivity index is 1.54. The molecule has 36 heavy (non-hydrogen) atoms. The molecule has 1 aliphatic carbocycles. The Labute approximate surface area is 208 Å². The molecule has 186 valence electrons. The van der Waals surface area contributed by atoms with E-state index >= 15 is 0 Å². The first kappa shape index (κ1) is 23.8. The second kappa shape index (κ2) is 8.34. The molecule has 3 aliphatic rings. The number of nitrogens with one attached hydrogen (secondary N) is 1. The molecule has 2 atom stereocenters. The van der Waals surface area contributed by atoms with Gasteiger partial charge in [-0.25, -0.2) is 0 Å². The summed E-state index contributed by atoms with van der Waals surface area (Å²) < 4.78 is 11.7. The summed E-state index contributed by atoms with van der Waals surface area (Å²) in [5.74, 6) is -2.45. The number of carbonyl (C=O) groups excluding carboxylic acids is 3. The summed E-state index contributed by atoms with van der Waals surface area (Å²) >= 11 is 0. The van der Waals surface area contributed by atoms with Gasteiger partial charge < -0.3 is 25.0 Å². The van der Waals surface area contributed by atoms with Gasteiger partial charge in [-0.1, -0.05) is 24.3 Å². The minimum absolute atomic E-state index is 0.0105. The zero-order valence-electron chi connectivity index (χ0n) is 20.5. The minimum Gasteiger partial charge on any atom is -0.507 e. The van der Waals surface area contributed by atoms with Gasteiger partial charge in [0.15, 0.2) is 17.3 Å². The molecule has 8 nitrogen and oxygen atoms in total. The van der Waals surface area contributed by atoms with Crippen molar-refractivity contribution in [1.29, 1.82) is 0 Å². The van der Waals surface area contributed by atoms with Crippen LogP contribution in [-0.4, -0.2) is 40.7 Å². The van der Waals surface area contributed by atoms with E-state index in [1.54, 1.807) is 13.8 Å². The van der Waals surface area contributed by atoms with Crippen LogP contribution >= 0.6 is 0 Å². The molecule has 8 heteroatoms. The first-order valence-corrected chi connectivity index (χ1v) is 11.8. The van der Waals surface area contributed by atoms with Crippen molar-refractivity contribution in [3.63, 3.8) is 0 Å². The van der Waals surface area contributed by atoms with Gasteiger partial charge in [0.25, 0.3) is 0 Å². The predicted molar refractivity (Wildman–Crippen MR) is 130 cm³/mol. The van der Waals surface area contributed by atoms with Crippen LogP contribution in [0.2, 0.25) is 0 Å². The first-order chi connectivity index (χ1) is 17.1. The lowest BCUT2D eigenvalue weighted by molar-refractivity contribution is -0.123. The van der Waals surface area contributed by atoms with Crippen molar-refractivity contribution in [2.24, 2.45) is 0 Å². The monoisotopic (exact) mass is 489 g/mol. The highest BCUT2D eigenvalue weighted by Gasteiger charge is 2.56. The van der Waals surface area contributed by atoms with Crippen molar-refractivity contribution in [2.75, 3.05) is 13.2 Å². The van der Waals surface area contributed by atoms with Crippen LogP contribution in [0.4, 0.5) is 0 Å². The fraction of sp³-hybridized carbons (Fsp3) is 0.321. The highest BCUT2D eigenvalue weighted by atomic mass is 16.5. The van der Waals surface area contributed by atoms with Crippen molar-refractivity contribution in [3.8, 4) is 17.2 Å². The Morgan fingerprint density at radius 1 is 1.17 bits per heavy atom. The quantitative estimate of drug-likeness (QED) is 0.339. The van der Waals surface area contributed by atoms with E-state index < -0.39 is 28.5 Å².